The first-order chi connectivity index (χ1) is 9.56. The second-order valence-corrected chi connectivity index (χ2v) is 6.13. The summed E-state index contributed by atoms with van der Waals surface area (Å²) >= 11 is 0. The monoisotopic (exact) mass is 277 g/mol. The van der Waals surface area contributed by atoms with E-state index >= 15 is 0 Å². The normalized spacial score (nSPS) is 15.1. The molecule has 0 atom stereocenters. The number of halogens is 1. The molecule has 1 aromatic rings. The average Bonchev–Trinajstić information content (AvgIpc) is 3.23. The molecule has 1 aromatic carbocycles. The highest BCUT2D eigenvalue weighted by Crippen LogP contribution is 2.27. The van der Waals surface area contributed by atoms with Gasteiger partial charge >= 0.3 is 0 Å². The number of carbonyl (C=O) groups is 1. The highest BCUT2D eigenvalue weighted by atomic mass is 19.1. The summed E-state index contributed by atoms with van der Waals surface area (Å²) in [7, 11) is 0. The zero-order valence-corrected chi connectivity index (χ0v) is 12.4. The first-order valence-electron chi connectivity index (χ1n) is 7.59. The summed E-state index contributed by atoms with van der Waals surface area (Å²) in [5.41, 5.74) is 0.617. The van der Waals surface area contributed by atoms with Crippen molar-refractivity contribution in [1.82, 2.24) is 4.90 Å². The van der Waals surface area contributed by atoms with Gasteiger partial charge in [-0.1, -0.05) is 13.8 Å². The standard InChI is InChI=1S/C17H24FNO/c1-13(2)9-11-19(16-7-8-16)12-10-17(20)14-3-5-15(18)6-4-14/h3-6,13,16H,7-12H2,1-2H3. The third kappa shape index (κ3) is 4.71. The molecule has 0 saturated heterocycles. The summed E-state index contributed by atoms with van der Waals surface area (Å²) in [6, 6.07) is 6.55. The second-order valence-electron chi connectivity index (χ2n) is 6.13. The summed E-state index contributed by atoms with van der Waals surface area (Å²) < 4.78 is 12.8. The third-order valence-corrected chi connectivity index (χ3v) is 3.85. The van der Waals surface area contributed by atoms with Crippen LogP contribution in [0.1, 0.15) is 49.9 Å². The van der Waals surface area contributed by atoms with Crippen LogP contribution in [0.2, 0.25) is 0 Å². The van der Waals surface area contributed by atoms with Gasteiger partial charge in [-0.2, -0.15) is 0 Å². The Morgan fingerprint density at radius 1 is 1.25 bits per heavy atom. The van der Waals surface area contributed by atoms with Crippen molar-refractivity contribution in [3.05, 3.63) is 35.6 Å². The summed E-state index contributed by atoms with van der Waals surface area (Å²) in [5.74, 6) is 0.516. The van der Waals surface area contributed by atoms with Crippen LogP contribution in [0.15, 0.2) is 24.3 Å². The summed E-state index contributed by atoms with van der Waals surface area (Å²) in [4.78, 5) is 14.5. The quantitative estimate of drug-likeness (QED) is 0.671. The minimum absolute atomic E-state index is 0.111. The third-order valence-electron chi connectivity index (χ3n) is 3.85. The van der Waals surface area contributed by atoms with E-state index in [1.807, 2.05) is 0 Å². The highest BCUT2D eigenvalue weighted by Gasteiger charge is 2.28. The van der Waals surface area contributed by atoms with Gasteiger partial charge in [-0.15, -0.1) is 0 Å². The van der Waals surface area contributed by atoms with Crippen LogP contribution >= 0.6 is 0 Å². The van der Waals surface area contributed by atoms with Crippen molar-refractivity contribution in [2.24, 2.45) is 5.92 Å². The Hall–Kier alpha value is -1.22. The van der Waals surface area contributed by atoms with Crippen molar-refractivity contribution in [2.45, 2.75) is 45.6 Å². The predicted molar refractivity (Wildman–Crippen MR) is 79.4 cm³/mol. The minimum Gasteiger partial charge on any atom is -0.300 e. The Balaban J connectivity index is 1.82. The molecule has 110 valence electrons. The van der Waals surface area contributed by atoms with E-state index in [0.717, 1.165) is 13.1 Å². The van der Waals surface area contributed by atoms with Crippen molar-refractivity contribution in [2.75, 3.05) is 13.1 Å². The topological polar surface area (TPSA) is 20.3 Å². The van der Waals surface area contributed by atoms with Crippen molar-refractivity contribution in [3.8, 4) is 0 Å². The van der Waals surface area contributed by atoms with Gasteiger partial charge in [0, 0.05) is 24.6 Å². The summed E-state index contributed by atoms with van der Waals surface area (Å²) in [6.07, 6.45) is 4.24. The number of ketones is 1. The Morgan fingerprint density at radius 3 is 2.45 bits per heavy atom. The van der Waals surface area contributed by atoms with E-state index < -0.39 is 0 Å². The fourth-order valence-corrected chi connectivity index (χ4v) is 2.37. The first kappa shape index (κ1) is 15.2. The molecule has 0 heterocycles. The van der Waals surface area contributed by atoms with Crippen LogP contribution < -0.4 is 0 Å². The number of hydrogen-bond acceptors (Lipinski definition) is 2. The zero-order chi connectivity index (χ0) is 14.5. The molecule has 0 amide bonds. The van der Waals surface area contributed by atoms with Crippen LogP contribution in [0.5, 0.6) is 0 Å². The van der Waals surface area contributed by atoms with Crippen LogP contribution in [0, 0.1) is 11.7 Å². The molecule has 2 rings (SSSR count). The van der Waals surface area contributed by atoms with Crippen molar-refractivity contribution in [1.29, 1.82) is 0 Å². The lowest BCUT2D eigenvalue weighted by atomic mass is 10.1. The van der Waals surface area contributed by atoms with E-state index in [9.17, 15) is 9.18 Å². The molecule has 2 nitrogen and oxygen atoms in total. The molecule has 20 heavy (non-hydrogen) atoms. The van der Waals surface area contributed by atoms with Gasteiger partial charge in [0.2, 0.25) is 0 Å². The van der Waals surface area contributed by atoms with Crippen LogP contribution in [0.3, 0.4) is 0 Å². The molecule has 0 bridgehead atoms. The van der Waals surface area contributed by atoms with E-state index in [2.05, 4.69) is 18.7 Å². The molecule has 0 aromatic heterocycles. The Kier molecular flexibility index (Phi) is 5.30. The fraction of sp³-hybridized carbons (Fsp3) is 0.588. The van der Waals surface area contributed by atoms with E-state index in [0.29, 0.717) is 23.9 Å². The maximum absolute atomic E-state index is 12.8. The number of carbonyl (C=O) groups excluding carboxylic acids is 1. The lowest BCUT2D eigenvalue weighted by Crippen LogP contribution is -2.30. The maximum Gasteiger partial charge on any atom is 0.164 e. The minimum atomic E-state index is -0.293. The molecule has 0 spiro atoms. The highest BCUT2D eigenvalue weighted by molar-refractivity contribution is 5.96. The number of hydrogen-bond donors (Lipinski definition) is 0. The van der Waals surface area contributed by atoms with Gasteiger partial charge < -0.3 is 0 Å². The molecule has 0 aliphatic heterocycles. The lowest BCUT2D eigenvalue weighted by molar-refractivity contribution is 0.0961. The molecule has 0 unspecified atom stereocenters. The van der Waals surface area contributed by atoms with Crippen molar-refractivity contribution in [3.63, 3.8) is 0 Å². The van der Waals surface area contributed by atoms with Crippen LogP contribution in [0.4, 0.5) is 4.39 Å². The van der Waals surface area contributed by atoms with Gasteiger partial charge in [-0.3, -0.25) is 9.69 Å². The van der Waals surface area contributed by atoms with E-state index in [4.69, 9.17) is 0 Å². The van der Waals surface area contributed by atoms with Crippen LogP contribution in [-0.4, -0.2) is 29.8 Å². The zero-order valence-electron chi connectivity index (χ0n) is 12.4. The number of Topliss-reactive ketones (excluding diaryl/α,β-unsaturated/α-hetero) is 1. The molecule has 1 fully saturated rings. The largest absolute Gasteiger partial charge is 0.300 e. The van der Waals surface area contributed by atoms with Gasteiger partial charge in [0.15, 0.2) is 5.78 Å². The molecule has 1 aliphatic carbocycles. The van der Waals surface area contributed by atoms with Gasteiger partial charge in [-0.05, 0) is 56.0 Å². The first-order valence-corrected chi connectivity index (χ1v) is 7.59. The number of rotatable bonds is 8. The van der Waals surface area contributed by atoms with Crippen LogP contribution in [-0.2, 0) is 0 Å². The summed E-state index contributed by atoms with van der Waals surface area (Å²) in [6.45, 7) is 6.37. The Labute approximate surface area is 121 Å². The number of nitrogens with zero attached hydrogens (tertiary/aromatic N) is 1. The van der Waals surface area contributed by atoms with Gasteiger partial charge in [0.25, 0.3) is 0 Å². The Morgan fingerprint density at radius 2 is 1.90 bits per heavy atom. The molecule has 1 aliphatic rings. The molecule has 3 heteroatoms. The molecule has 0 radical (unpaired) electrons. The van der Waals surface area contributed by atoms with Gasteiger partial charge in [-0.25, -0.2) is 4.39 Å². The lowest BCUT2D eigenvalue weighted by Gasteiger charge is -2.22. The van der Waals surface area contributed by atoms with Crippen LogP contribution in [0.25, 0.3) is 0 Å². The van der Waals surface area contributed by atoms with E-state index in [1.54, 1.807) is 12.1 Å². The predicted octanol–water partition coefficient (Wildman–Crippen LogP) is 3.91. The van der Waals surface area contributed by atoms with Gasteiger partial charge in [0.05, 0.1) is 0 Å². The maximum atomic E-state index is 12.8. The van der Waals surface area contributed by atoms with Crippen molar-refractivity contribution >= 4 is 5.78 Å². The molecule has 1 saturated carbocycles. The summed E-state index contributed by atoms with van der Waals surface area (Å²) in [5, 5.41) is 0. The van der Waals surface area contributed by atoms with E-state index in [1.165, 1.54) is 31.4 Å². The van der Waals surface area contributed by atoms with Gasteiger partial charge in [0.1, 0.15) is 5.82 Å². The average molecular weight is 277 g/mol. The molecule has 0 N–H and O–H groups in total. The Bertz CT molecular complexity index is 437. The second kappa shape index (κ2) is 6.98. The van der Waals surface area contributed by atoms with E-state index in [-0.39, 0.29) is 11.6 Å². The SMILES string of the molecule is CC(C)CCN(CCC(=O)c1ccc(F)cc1)C1CC1. The number of benzene rings is 1. The fourth-order valence-electron chi connectivity index (χ4n) is 2.37. The molecular formula is C17H24FNO. The smallest absolute Gasteiger partial charge is 0.164 e. The molecular weight excluding hydrogens is 253 g/mol. The van der Waals surface area contributed by atoms with Crippen molar-refractivity contribution < 1.29 is 9.18 Å².